The zero-order valence-corrected chi connectivity index (χ0v) is 18.1. The number of aromatic nitrogens is 3. The minimum Gasteiger partial charge on any atom is -0.381 e. The van der Waals surface area contributed by atoms with Crippen LogP contribution in [0.4, 0.5) is 5.69 Å². The van der Waals surface area contributed by atoms with Crippen LogP contribution in [0.3, 0.4) is 0 Å². The van der Waals surface area contributed by atoms with Crippen molar-refractivity contribution in [2.45, 2.75) is 70.2 Å². The van der Waals surface area contributed by atoms with E-state index in [0.717, 1.165) is 73.4 Å². The number of pyridine rings is 1. The van der Waals surface area contributed by atoms with Gasteiger partial charge in [0.1, 0.15) is 5.60 Å². The van der Waals surface area contributed by atoms with Crippen molar-refractivity contribution in [1.29, 1.82) is 0 Å². The number of anilines is 1. The summed E-state index contributed by atoms with van der Waals surface area (Å²) in [6.07, 6.45) is 9.90. The van der Waals surface area contributed by atoms with Crippen molar-refractivity contribution in [2.75, 3.05) is 18.5 Å². The van der Waals surface area contributed by atoms with E-state index in [0.29, 0.717) is 12.5 Å². The smallest absolute Gasteiger partial charge is 0.219 e. The topological polar surface area (TPSA) is 102 Å². The van der Waals surface area contributed by atoms with Crippen LogP contribution >= 0.6 is 0 Å². The minimum absolute atomic E-state index is 0.0838. The molecule has 2 aromatic rings. The van der Waals surface area contributed by atoms with Crippen LogP contribution in [0.25, 0.3) is 16.7 Å². The third kappa shape index (κ3) is 3.76. The van der Waals surface area contributed by atoms with Gasteiger partial charge in [-0.3, -0.25) is 15.1 Å². The van der Waals surface area contributed by atoms with Gasteiger partial charge in [-0.25, -0.2) is 9.67 Å². The predicted molar refractivity (Wildman–Crippen MR) is 117 cm³/mol. The molecule has 5 rings (SSSR count). The normalized spacial score (nSPS) is 25.9. The maximum absolute atomic E-state index is 11.7. The van der Waals surface area contributed by atoms with Crippen LogP contribution in [0, 0.1) is 0 Å². The first kappa shape index (κ1) is 20.3. The molecule has 0 unspecified atom stereocenters. The summed E-state index contributed by atoms with van der Waals surface area (Å²) in [7, 11) is 0. The van der Waals surface area contributed by atoms with E-state index < -0.39 is 0 Å². The number of fused-ring (bicyclic) bond motifs is 1. The van der Waals surface area contributed by atoms with Gasteiger partial charge in [0.2, 0.25) is 5.91 Å². The van der Waals surface area contributed by atoms with Gasteiger partial charge in [-0.2, -0.15) is 5.10 Å². The number of amides is 1. The molecule has 166 valence electrons. The largest absolute Gasteiger partial charge is 0.381 e. The zero-order valence-electron chi connectivity index (χ0n) is 18.1. The van der Waals surface area contributed by atoms with Crippen molar-refractivity contribution in [1.82, 2.24) is 25.6 Å². The number of carbonyl (C=O) groups is 1. The maximum Gasteiger partial charge on any atom is 0.219 e. The quantitative estimate of drug-likeness (QED) is 0.652. The molecule has 0 atom stereocenters. The van der Waals surface area contributed by atoms with E-state index in [1.54, 1.807) is 0 Å². The van der Waals surface area contributed by atoms with E-state index in [2.05, 4.69) is 34.2 Å². The number of carbonyl (C=O) groups excluding carboxylic acids is 1. The summed E-state index contributed by atoms with van der Waals surface area (Å²) in [5, 5.41) is 12.3. The molecular formula is C22H30N6O3. The van der Waals surface area contributed by atoms with Crippen molar-refractivity contribution in [2.24, 2.45) is 0 Å². The van der Waals surface area contributed by atoms with Gasteiger partial charge < -0.3 is 15.4 Å². The Morgan fingerprint density at radius 1 is 1.26 bits per heavy atom. The molecule has 1 amide bonds. The molecule has 1 spiro atoms. The van der Waals surface area contributed by atoms with Crippen LogP contribution in [-0.2, 0) is 20.9 Å². The third-order valence-electron chi connectivity index (χ3n) is 6.47. The molecule has 1 saturated carbocycles. The fourth-order valence-corrected chi connectivity index (χ4v) is 4.68. The summed E-state index contributed by atoms with van der Waals surface area (Å²) < 4.78 is 7.44. The van der Waals surface area contributed by atoms with Crippen molar-refractivity contribution in [3.63, 3.8) is 0 Å². The molecule has 0 radical (unpaired) electrons. The first-order chi connectivity index (χ1) is 15.1. The summed E-state index contributed by atoms with van der Waals surface area (Å²) in [6.45, 7) is 6.24. The molecular weight excluding hydrogens is 396 g/mol. The van der Waals surface area contributed by atoms with Gasteiger partial charge in [-0.05, 0) is 25.8 Å². The van der Waals surface area contributed by atoms with E-state index >= 15 is 0 Å². The highest BCUT2D eigenvalue weighted by Gasteiger charge is 2.48. The molecule has 9 heteroatoms. The van der Waals surface area contributed by atoms with Crippen LogP contribution < -0.4 is 16.1 Å². The molecule has 3 aliphatic rings. The molecule has 1 aliphatic carbocycles. The zero-order chi connectivity index (χ0) is 21.4. The molecule has 0 aromatic carbocycles. The Morgan fingerprint density at radius 3 is 2.81 bits per heavy atom. The number of hydrogen-bond acceptors (Lipinski definition) is 7. The summed E-state index contributed by atoms with van der Waals surface area (Å²) in [6, 6.07) is 0.505. The lowest BCUT2D eigenvalue weighted by molar-refractivity contribution is -0.128. The average Bonchev–Trinajstić information content (AvgIpc) is 3.39. The number of nitrogens with one attached hydrogen (secondary N) is 3. The number of aryl methyl sites for hydroxylation is 1. The Bertz CT molecular complexity index is 1000. The lowest BCUT2D eigenvalue weighted by Gasteiger charge is -2.42. The summed E-state index contributed by atoms with van der Waals surface area (Å²) >= 11 is 0. The molecule has 2 fully saturated rings. The van der Waals surface area contributed by atoms with E-state index in [1.807, 2.05) is 24.0 Å². The van der Waals surface area contributed by atoms with Crippen LogP contribution in [0.1, 0.15) is 51.5 Å². The highest BCUT2D eigenvalue weighted by atomic mass is 16.7. The molecule has 0 bridgehead atoms. The Morgan fingerprint density at radius 2 is 2.06 bits per heavy atom. The lowest BCUT2D eigenvalue weighted by Crippen LogP contribution is -2.54. The number of hydroxylamine groups is 1. The third-order valence-corrected chi connectivity index (χ3v) is 6.47. The van der Waals surface area contributed by atoms with E-state index in [4.69, 9.17) is 14.6 Å². The van der Waals surface area contributed by atoms with Gasteiger partial charge in [0.05, 0.1) is 23.0 Å². The molecule has 31 heavy (non-hydrogen) atoms. The van der Waals surface area contributed by atoms with Gasteiger partial charge in [-0.15, -0.1) is 0 Å². The van der Waals surface area contributed by atoms with Crippen LogP contribution in [0.5, 0.6) is 0 Å². The van der Waals surface area contributed by atoms with Crippen LogP contribution in [0.15, 0.2) is 18.5 Å². The second-order valence-corrected chi connectivity index (χ2v) is 8.63. The Balaban J connectivity index is 1.44. The van der Waals surface area contributed by atoms with E-state index in [9.17, 15) is 4.79 Å². The number of nitrogens with zero attached hydrogens (tertiary/aromatic N) is 3. The lowest BCUT2D eigenvalue weighted by atomic mass is 9.75. The summed E-state index contributed by atoms with van der Waals surface area (Å²) in [4.78, 5) is 22.4. The number of ether oxygens (including phenoxy) is 1. The van der Waals surface area contributed by atoms with Crippen LogP contribution in [0.2, 0.25) is 0 Å². The Kier molecular flexibility index (Phi) is 5.31. The molecule has 1 saturated heterocycles. The fraction of sp³-hybridized carbons (Fsp3) is 0.591. The van der Waals surface area contributed by atoms with Crippen molar-refractivity contribution in [3.05, 3.63) is 24.0 Å². The van der Waals surface area contributed by atoms with Gasteiger partial charge in [0, 0.05) is 62.9 Å². The SMILES string of the molecule is CCC(=O)NC1CC2(C=C(c3cnc4c(cnn4CC)c3NC3CCOCC3)NO2)C1. The number of rotatable bonds is 6. The first-order valence-corrected chi connectivity index (χ1v) is 11.3. The Labute approximate surface area is 181 Å². The summed E-state index contributed by atoms with van der Waals surface area (Å²) in [5.41, 5.74) is 6.56. The molecule has 2 aliphatic heterocycles. The Hall–Kier alpha value is -2.65. The van der Waals surface area contributed by atoms with Crippen molar-refractivity contribution < 1.29 is 14.4 Å². The molecule has 4 heterocycles. The minimum atomic E-state index is -0.375. The first-order valence-electron chi connectivity index (χ1n) is 11.3. The fourth-order valence-electron chi connectivity index (χ4n) is 4.68. The van der Waals surface area contributed by atoms with Crippen LogP contribution in [-0.4, -0.2) is 51.6 Å². The van der Waals surface area contributed by atoms with Crippen molar-refractivity contribution in [3.8, 4) is 0 Å². The van der Waals surface area contributed by atoms with E-state index in [1.165, 1.54) is 0 Å². The van der Waals surface area contributed by atoms with Gasteiger partial charge in [0.25, 0.3) is 0 Å². The second kappa shape index (κ2) is 8.12. The second-order valence-electron chi connectivity index (χ2n) is 8.63. The van der Waals surface area contributed by atoms with Gasteiger partial charge in [0.15, 0.2) is 5.65 Å². The highest BCUT2D eigenvalue weighted by Crippen LogP contribution is 2.43. The van der Waals surface area contributed by atoms with Crippen molar-refractivity contribution >= 4 is 28.3 Å². The van der Waals surface area contributed by atoms with Gasteiger partial charge in [-0.1, -0.05) is 6.92 Å². The van der Waals surface area contributed by atoms with E-state index in [-0.39, 0.29) is 17.6 Å². The monoisotopic (exact) mass is 426 g/mol. The predicted octanol–water partition coefficient (Wildman–Crippen LogP) is 2.35. The molecule has 9 nitrogen and oxygen atoms in total. The average molecular weight is 427 g/mol. The summed E-state index contributed by atoms with van der Waals surface area (Å²) in [5.74, 6) is 0.0838. The van der Waals surface area contributed by atoms with Gasteiger partial charge >= 0.3 is 0 Å². The number of hydrogen-bond donors (Lipinski definition) is 3. The molecule has 3 N–H and O–H groups in total. The molecule has 2 aromatic heterocycles. The highest BCUT2D eigenvalue weighted by molar-refractivity contribution is 5.96. The maximum atomic E-state index is 11.7. The standard InChI is InChI=1S/C22H30N6O3/c1-3-19(29)25-15-9-22(10-15)11-18(27-31-22)16-12-23-21-17(13-24-28(21)4-2)20(16)26-14-5-7-30-8-6-14/h11-15,27H,3-10H2,1-2H3,(H,23,26)(H,25,29).